The van der Waals surface area contributed by atoms with Crippen molar-refractivity contribution < 1.29 is 10.2 Å². The zero-order valence-corrected chi connectivity index (χ0v) is 10.3. The fourth-order valence-corrected chi connectivity index (χ4v) is 2.11. The first kappa shape index (κ1) is 11.5. The topological polar surface area (TPSA) is 40.5 Å². The molecular formula is C15H16O2. The number of aromatic hydroxyl groups is 2. The summed E-state index contributed by atoms with van der Waals surface area (Å²) >= 11 is 0. The molecule has 0 fully saturated rings. The van der Waals surface area contributed by atoms with Crippen LogP contribution >= 0.6 is 0 Å². The lowest BCUT2D eigenvalue weighted by atomic mass is 9.98. The minimum Gasteiger partial charge on any atom is -0.504 e. The van der Waals surface area contributed by atoms with Crippen LogP contribution in [0, 0.1) is 20.8 Å². The number of phenolic OH excluding ortho intramolecular Hbond substituents is 2. The van der Waals surface area contributed by atoms with Gasteiger partial charge in [0.1, 0.15) is 0 Å². The van der Waals surface area contributed by atoms with Crippen molar-refractivity contribution in [3.63, 3.8) is 0 Å². The average molecular weight is 228 g/mol. The van der Waals surface area contributed by atoms with E-state index in [-0.39, 0.29) is 11.5 Å². The number of hydrogen-bond donors (Lipinski definition) is 2. The maximum absolute atomic E-state index is 9.91. The van der Waals surface area contributed by atoms with Crippen molar-refractivity contribution in [2.75, 3.05) is 0 Å². The summed E-state index contributed by atoms with van der Waals surface area (Å²) in [6, 6.07) is 9.52. The maximum atomic E-state index is 9.91. The molecule has 88 valence electrons. The Bertz CT molecular complexity index is 551. The molecule has 0 spiro atoms. The largest absolute Gasteiger partial charge is 0.504 e. The Kier molecular flexibility index (Phi) is 2.80. The summed E-state index contributed by atoms with van der Waals surface area (Å²) in [7, 11) is 0. The summed E-state index contributed by atoms with van der Waals surface area (Å²) in [5.41, 5.74) is 4.81. The van der Waals surface area contributed by atoms with E-state index in [1.807, 2.05) is 39.0 Å². The normalized spacial score (nSPS) is 10.5. The van der Waals surface area contributed by atoms with Gasteiger partial charge in [-0.05, 0) is 44.0 Å². The van der Waals surface area contributed by atoms with Crippen LogP contribution in [0.1, 0.15) is 16.7 Å². The van der Waals surface area contributed by atoms with Crippen molar-refractivity contribution in [1.29, 1.82) is 0 Å². The summed E-state index contributed by atoms with van der Waals surface area (Å²) in [5, 5.41) is 19.5. The Balaban J connectivity index is 2.67. The zero-order chi connectivity index (χ0) is 12.6. The Morgan fingerprint density at radius 3 is 1.82 bits per heavy atom. The second kappa shape index (κ2) is 4.13. The van der Waals surface area contributed by atoms with Crippen molar-refractivity contribution >= 4 is 0 Å². The van der Waals surface area contributed by atoms with Crippen molar-refractivity contribution in [1.82, 2.24) is 0 Å². The molecule has 2 aromatic carbocycles. The predicted molar refractivity (Wildman–Crippen MR) is 69.4 cm³/mol. The van der Waals surface area contributed by atoms with Crippen molar-refractivity contribution in [2.24, 2.45) is 0 Å². The van der Waals surface area contributed by atoms with E-state index in [2.05, 4.69) is 6.07 Å². The fourth-order valence-electron chi connectivity index (χ4n) is 2.11. The van der Waals surface area contributed by atoms with Crippen LogP contribution in [0.3, 0.4) is 0 Å². The van der Waals surface area contributed by atoms with Gasteiger partial charge in [-0.15, -0.1) is 0 Å². The van der Waals surface area contributed by atoms with E-state index in [1.54, 1.807) is 6.07 Å². The summed E-state index contributed by atoms with van der Waals surface area (Å²) in [6.45, 7) is 5.93. The number of aryl methyl sites for hydroxylation is 3. The van der Waals surface area contributed by atoms with Gasteiger partial charge in [-0.3, -0.25) is 0 Å². The van der Waals surface area contributed by atoms with Gasteiger partial charge in [-0.2, -0.15) is 0 Å². The van der Waals surface area contributed by atoms with Crippen LogP contribution in [0.15, 0.2) is 30.3 Å². The third-order valence-electron chi connectivity index (χ3n) is 2.77. The highest BCUT2D eigenvalue weighted by Crippen LogP contribution is 2.38. The molecule has 0 aliphatic rings. The molecule has 0 heterocycles. The Morgan fingerprint density at radius 1 is 0.706 bits per heavy atom. The van der Waals surface area contributed by atoms with Crippen molar-refractivity contribution in [2.45, 2.75) is 20.8 Å². The van der Waals surface area contributed by atoms with E-state index < -0.39 is 0 Å². The van der Waals surface area contributed by atoms with Crippen LogP contribution < -0.4 is 0 Å². The Morgan fingerprint density at radius 2 is 1.24 bits per heavy atom. The fraction of sp³-hybridized carbons (Fsp3) is 0.200. The lowest BCUT2D eigenvalue weighted by molar-refractivity contribution is 0.405. The summed E-state index contributed by atoms with van der Waals surface area (Å²) < 4.78 is 0. The highest BCUT2D eigenvalue weighted by Gasteiger charge is 2.10. The lowest BCUT2D eigenvalue weighted by Crippen LogP contribution is -1.85. The zero-order valence-electron chi connectivity index (χ0n) is 10.3. The van der Waals surface area contributed by atoms with Crippen LogP contribution in [-0.4, -0.2) is 10.2 Å². The molecule has 0 amide bonds. The van der Waals surface area contributed by atoms with Crippen LogP contribution in [0.4, 0.5) is 0 Å². The highest BCUT2D eigenvalue weighted by molar-refractivity contribution is 5.74. The molecule has 2 rings (SSSR count). The van der Waals surface area contributed by atoms with Gasteiger partial charge < -0.3 is 10.2 Å². The molecule has 0 aromatic heterocycles. The number of hydrogen-bond acceptors (Lipinski definition) is 2. The van der Waals surface area contributed by atoms with Crippen LogP contribution in [-0.2, 0) is 0 Å². The molecule has 0 saturated heterocycles. The first-order valence-corrected chi connectivity index (χ1v) is 5.58. The average Bonchev–Trinajstić information content (AvgIpc) is 2.22. The van der Waals surface area contributed by atoms with Gasteiger partial charge in [0.25, 0.3) is 0 Å². The second-order valence-electron chi connectivity index (χ2n) is 4.56. The van der Waals surface area contributed by atoms with E-state index in [0.29, 0.717) is 5.56 Å². The van der Waals surface area contributed by atoms with Gasteiger partial charge in [-0.25, -0.2) is 0 Å². The number of phenols is 2. The van der Waals surface area contributed by atoms with Gasteiger partial charge in [-0.1, -0.05) is 29.3 Å². The van der Waals surface area contributed by atoms with Crippen LogP contribution in [0.5, 0.6) is 11.5 Å². The van der Waals surface area contributed by atoms with Gasteiger partial charge in [0.05, 0.1) is 0 Å². The molecule has 0 unspecified atom stereocenters. The molecule has 0 radical (unpaired) electrons. The van der Waals surface area contributed by atoms with Gasteiger partial charge >= 0.3 is 0 Å². The maximum Gasteiger partial charge on any atom is 0.165 e. The standard InChI is InChI=1S/C15H16O2/c1-9-4-10(2)6-12(5-9)13-7-11(3)8-14(16)15(13)17/h4-8,16-17H,1-3H3. The van der Waals surface area contributed by atoms with E-state index in [0.717, 1.165) is 22.3 Å². The molecule has 2 N–H and O–H groups in total. The Hall–Kier alpha value is -1.96. The molecule has 17 heavy (non-hydrogen) atoms. The molecule has 2 heteroatoms. The minimum absolute atomic E-state index is 0.0550. The molecule has 0 saturated carbocycles. The monoisotopic (exact) mass is 228 g/mol. The van der Waals surface area contributed by atoms with Crippen LogP contribution in [0.2, 0.25) is 0 Å². The summed E-state index contributed by atoms with van der Waals surface area (Å²) in [4.78, 5) is 0. The lowest BCUT2D eigenvalue weighted by Gasteiger charge is -2.10. The van der Waals surface area contributed by atoms with E-state index in [4.69, 9.17) is 0 Å². The van der Waals surface area contributed by atoms with Crippen LogP contribution in [0.25, 0.3) is 11.1 Å². The van der Waals surface area contributed by atoms with Gasteiger partial charge in [0.15, 0.2) is 11.5 Å². The predicted octanol–water partition coefficient (Wildman–Crippen LogP) is 3.69. The van der Waals surface area contributed by atoms with Crippen molar-refractivity contribution in [3.05, 3.63) is 47.0 Å². The molecular weight excluding hydrogens is 212 g/mol. The summed E-state index contributed by atoms with van der Waals surface area (Å²) in [6.07, 6.45) is 0. The van der Waals surface area contributed by atoms with E-state index >= 15 is 0 Å². The molecule has 0 aliphatic heterocycles. The van der Waals surface area contributed by atoms with Gasteiger partial charge in [0, 0.05) is 5.56 Å². The molecule has 0 bridgehead atoms. The molecule has 2 aromatic rings. The SMILES string of the molecule is Cc1cc(C)cc(-c2cc(C)cc(O)c2O)c1. The van der Waals surface area contributed by atoms with E-state index in [9.17, 15) is 10.2 Å². The van der Waals surface area contributed by atoms with E-state index in [1.165, 1.54) is 0 Å². The van der Waals surface area contributed by atoms with Crippen molar-refractivity contribution in [3.8, 4) is 22.6 Å². The minimum atomic E-state index is -0.0702. The number of benzene rings is 2. The summed E-state index contributed by atoms with van der Waals surface area (Å²) in [5.74, 6) is -0.125. The van der Waals surface area contributed by atoms with Gasteiger partial charge in [0.2, 0.25) is 0 Å². The third kappa shape index (κ3) is 2.26. The quantitative estimate of drug-likeness (QED) is 0.731. The number of rotatable bonds is 1. The molecule has 0 aliphatic carbocycles. The Labute approximate surface area is 101 Å². The third-order valence-corrected chi connectivity index (χ3v) is 2.77. The molecule has 2 nitrogen and oxygen atoms in total. The highest BCUT2D eigenvalue weighted by atomic mass is 16.3. The second-order valence-corrected chi connectivity index (χ2v) is 4.56. The molecule has 0 atom stereocenters. The smallest absolute Gasteiger partial charge is 0.165 e. The first-order valence-electron chi connectivity index (χ1n) is 5.58. The first-order chi connectivity index (χ1) is 7.97.